The number of aromatic amines is 1. The van der Waals surface area contributed by atoms with Crippen LogP contribution in [0.5, 0.6) is 0 Å². The van der Waals surface area contributed by atoms with Gasteiger partial charge in [0, 0.05) is 24.2 Å². The Balaban J connectivity index is 1.85. The van der Waals surface area contributed by atoms with Gasteiger partial charge in [-0.05, 0) is 31.9 Å². The van der Waals surface area contributed by atoms with Crippen molar-refractivity contribution in [1.82, 2.24) is 20.9 Å². The lowest BCUT2D eigenvalue weighted by Gasteiger charge is -2.09. The Kier molecular flexibility index (Phi) is 4.59. The summed E-state index contributed by atoms with van der Waals surface area (Å²) in [6.07, 6.45) is 0.299. The van der Waals surface area contributed by atoms with E-state index >= 15 is 0 Å². The van der Waals surface area contributed by atoms with Crippen LogP contribution < -0.4 is 21.5 Å². The van der Waals surface area contributed by atoms with Crippen molar-refractivity contribution in [1.29, 1.82) is 0 Å². The molecule has 1 atom stereocenters. The second-order valence-electron chi connectivity index (χ2n) is 5.27. The lowest BCUT2D eigenvalue weighted by atomic mass is 10.1. The number of amides is 4. The van der Waals surface area contributed by atoms with Crippen LogP contribution in [0.25, 0.3) is 0 Å². The van der Waals surface area contributed by atoms with Crippen molar-refractivity contribution in [2.45, 2.75) is 39.3 Å². The van der Waals surface area contributed by atoms with Gasteiger partial charge >= 0.3 is 6.03 Å². The fourth-order valence-corrected chi connectivity index (χ4v) is 2.31. The van der Waals surface area contributed by atoms with E-state index in [1.807, 2.05) is 13.0 Å². The van der Waals surface area contributed by atoms with Gasteiger partial charge in [-0.25, -0.2) is 4.79 Å². The second-order valence-corrected chi connectivity index (χ2v) is 5.27. The standard InChI is InChI=1S/C14H18N4O4/c1-7-5-8(2)16-12(20)9(7)6-15-11(19)4-3-10-13(21)18-14(22)17-10/h5,10H,3-4,6H2,1-2H3,(H,15,19)(H,16,20)(H2,17,18,21,22). The number of imide groups is 1. The fraction of sp³-hybridized carbons (Fsp3) is 0.429. The molecule has 8 nitrogen and oxygen atoms in total. The number of hydrogen-bond donors (Lipinski definition) is 4. The lowest BCUT2D eigenvalue weighted by molar-refractivity contribution is -0.122. The summed E-state index contributed by atoms with van der Waals surface area (Å²) in [5.41, 5.74) is 1.86. The first-order chi connectivity index (χ1) is 10.4. The molecule has 22 heavy (non-hydrogen) atoms. The molecule has 0 saturated carbocycles. The molecule has 0 spiro atoms. The largest absolute Gasteiger partial charge is 0.352 e. The summed E-state index contributed by atoms with van der Waals surface area (Å²) < 4.78 is 0. The summed E-state index contributed by atoms with van der Waals surface area (Å²) in [4.78, 5) is 48.5. The fourth-order valence-electron chi connectivity index (χ4n) is 2.31. The van der Waals surface area contributed by atoms with E-state index in [1.165, 1.54) is 0 Å². The van der Waals surface area contributed by atoms with Crippen molar-refractivity contribution in [2.24, 2.45) is 0 Å². The zero-order valence-electron chi connectivity index (χ0n) is 12.4. The van der Waals surface area contributed by atoms with E-state index in [4.69, 9.17) is 0 Å². The van der Waals surface area contributed by atoms with Crippen molar-refractivity contribution in [3.8, 4) is 0 Å². The first-order valence-corrected chi connectivity index (χ1v) is 6.94. The minimum absolute atomic E-state index is 0.0845. The van der Waals surface area contributed by atoms with Crippen LogP contribution in [-0.4, -0.2) is 28.9 Å². The monoisotopic (exact) mass is 306 g/mol. The Labute approximate surface area is 126 Å². The molecule has 118 valence electrons. The predicted octanol–water partition coefficient (Wildman–Crippen LogP) is -0.404. The molecule has 0 aliphatic carbocycles. The predicted molar refractivity (Wildman–Crippen MR) is 78.1 cm³/mol. The van der Waals surface area contributed by atoms with E-state index in [0.717, 1.165) is 11.3 Å². The van der Waals surface area contributed by atoms with Gasteiger partial charge in [-0.15, -0.1) is 0 Å². The molecule has 0 radical (unpaired) electrons. The van der Waals surface area contributed by atoms with Gasteiger partial charge in [0.15, 0.2) is 0 Å². The van der Waals surface area contributed by atoms with Crippen molar-refractivity contribution < 1.29 is 14.4 Å². The van der Waals surface area contributed by atoms with E-state index < -0.39 is 18.0 Å². The maximum absolute atomic E-state index is 11.8. The number of hydrogen-bond acceptors (Lipinski definition) is 4. The van der Waals surface area contributed by atoms with Crippen LogP contribution in [0, 0.1) is 13.8 Å². The molecular weight excluding hydrogens is 288 g/mol. The normalized spacial score (nSPS) is 17.1. The van der Waals surface area contributed by atoms with Crippen LogP contribution in [0.3, 0.4) is 0 Å². The van der Waals surface area contributed by atoms with Gasteiger partial charge in [0.25, 0.3) is 11.5 Å². The van der Waals surface area contributed by atoms with Gasteiger partial charge in [-0.1, -0.05) is 0 Å². The molecule has 4 N–H and O–H groups in total. The molecule has 0 bridgehead atoms. The zero-order chi connectivity index (χ0) is 16.3. The van der Waals surface area contributed by atoms with Crippen LogP contribution >= 0.6 is 0 Å². The molecule has 8 heteroatoms. The summed E-state index contributed by atoms with van der Waals surface area (Å²) in [5.74, 6) is -0.711. The van der Waals surface area contributed by atoms with Gasteiger partial charge in [0.05, 0.1) is 0 Å². The molecule has 1 fully saturated rings. The number of aromatic nitrogens is 1. The third-order valence-electron chi connectivity index (χ3n) is 3.47. The highest BCUT2D eigenvalue weighted by Gasteiger charge is 2.29. The zero-order valence-corrected chi connectivity index (χ0v) is 12.4. The molecule has 1 unspecified atom stereocenters. The average Bonchev–Trinajstić information content (AvgIpc) is 2.73. The molecule has 1 aromatic rings. The Hall–Kier alpha value is -2.64. The highest BCUT2D eigenvalue weighted by Crippen LogP contribution is 2.05. The maximum Gasteiger partial charge on any atom is 0.322 e. The summed E-state index contributed by atoms with van der Waals surface area (Å²) >= 11 is 0. The van der Waals surface area contributed by atoms with Crippen LogP contribution in [0.2, 0.25) is 0 Å². The number of rotatable bonds is 5. The molecule has 2 heterocycles. The van der Waals surface area contributed by atoms with Crippen molar-refractivity contribution in [3.63, 3.8) is 0 Å². The van der Waals surface area contributed by atoms with Gasteiger partial charge in [0.2, 0.25) is 5.91 Å². The Morgan fingerprint density at radius 2 is 2.00 bits per heavy atom. The minimum atomic E-state index is -0.678. The van der Waals surface area contributed by atoms with Gasteiger partial charge in [-0.3, -0.25) is 19.7 Å². The highest BCUT2D eigenvalue weighted by atomic mass is 16.2. The number of H-pyrrole nitrogens is 1. The summed E-state index contributed by atoms with van der Waals surface area (Å²) in [7, 11) is 0. The van der Waals surface area contributed by atoms with Crippen LogP contribution in [0.4, 0.5) is 4.79 Å². The number of carbonyl (C=O) groups excluding carboxylic acids is 3. The third-order valence-corrected chi connectivity index (χ3v) is 3.47. The first-order valence-electron chi connectivity index (χ1n) is 6.94. The maximum atomic E-state index is 11.8. The SMILES string of the molecule is Cc1cc(C)c(CNC(=O)CCC2NC(=O)NC2=O)c(=O)[nH]1. The van der Waals surface area contributed by atoms with E-state index in [0.29, 0.717) is 5.56 Å². The molecule has 1 aliphatic rings. The highest BCUT2D eigenvalue weighted by molar-refractivity contribution is 6.04. The number of nitrogens with one attached hydrogen (secondary N) is 4. The number of urea groups is 1. The molecule has 1 saturated heterocycles. The van der Waals surface area contributed by atoms with E-state index in [-0.39, 0.29) is 30.9 Å². The Bertz CT molecular complexity index is 680. The van der Waals surface area contributed by atoms with E-state index in [1.54, 1.807) is 6.92 Å². The van der Waals surface area contributed by atoms with Crippen LogP contribution in [0.15, 0.2) is 10.9 Å². The molecule has 4 amide bonds. The van der Waals surface area contributed by atoms with Crippen molar-refractivity contribution in [3.05, 3.63) is 33.2 Å². The van der Waals surface area contributed by atoms with E-state index in [2.05, 4.69) is 20.9 Å². The van der Waals surface area contributed by atoms with Gasteiger partial charge < -0.3 is 15.6 Å². The molecule has 2 rings (SSSR count). The second kappa shape index (κ2) is 6.42. The van der Waals surface area contributed by atoms with Crippen LogP contribution in [0.1, 0.15) is 29.7 Å². The van der Waals surface area contributed by atoms with Crippen molar-refractivity contribution in [2.75, 3.05) is 0 Å². The first kappa shape index (κ1) is 15.7. The Morgan fingerprint density at radius 1 is 1.27 bits per heavy atom. The van der Waals surface area contributed by atoms with Gasteiger partial charge in [0.1, 0.15) is 6.04 Å². The summed E-state index contributed by atoms with van der Waals surface area (Å²) in [5, 5.41) is 7.17. The lowest BCUT2D eigenvalue weighted by Crippen LogP contribution is -2.32. The third kappa shape index (κ3) is 3.72. The van der Waals surface area contributed by atoms with E-state index in [9.17, 15) is 19.2 Å². The smallest absolute Gasteiger partial charge is 0.322 e. The molecular formula is C14H18N4O4. The van der Waals surface area contributed by atoms with Crippen molar-refractivity contribution >= 4 is 17.8 Å². The number of carbonyl (C=O) groups is 3. The minimum Gasteiger partial charge on any atom is -0.352 e. The topological polar surface area (TPSA) is 120 Å². The summed E-state index contributed by atoms with van der Waals surface area (Å²) in [6, 6.07) is 0.612. The summed E-state index contributed by atoms with van der Waals surface area (Å²) in [6.45, 7) is 3.73. The van der Waals surface area contributed by atoms with Gasteiger partial charge in [-0.2, -0.15) is 0 Å². The average molecular weight is 306 g/mol. The van der Waals surface area contributed by atoms with Crippen LogP contribution in [-0.2, 0) is 16.1 Å². The number of aryl methyl sites for hydroxylation is 2. The number of pyridine rings is 1. The molecule has 1 aromatic heterocycles. The quantitative estimate of drug-likeness (QED) is 0.553. The Morgan fingerprint density at radius 3 is 2.59 bits per heavy atom. The molecule has 1 aliphatic heterocycles. The molecule has 0 aromatic carbocycles.